The van der Waals surface area contributed by atoms with Crippen LogP contribution in [-0.4, -0.2) is 76.8 Å². The fraction of sp³-hybridized carbons (Fsp3) is 0.294. The molecule has 6 heterocycles. The van der Waals surface area contributed by atoms with Gasteiger partial charge in [0.25, 0.3) is 0 Å². The second kappa shape index (κ2) is 16.0. The van der Waals surface area contributed by atoms with Crippen LogP contribution in [0.25, 0.3) is 56.1 Å². The van der Waals surface area contributed by atoms with Gasteiger partial charge in [-0.25, -0.2) is 19.0 Å². The van der Waals surface area contributed by atoms with E-state index in [0.29, 0.717) is 24.5 Å². The van der Waals surface area contributed by atoms with Crippen molar-refractivity contribution in [3.8, 4) is 44.8 Å². The lowest BCUT2D eigenvalue weighted by Crippen LogP contribution is -2.53. The Morgan fingerprint density at radius 3 is 1.44 bits per heavy atom. The van der Waals surface area contributed by atoms with Gasteiger partial charge in [0.15, 0.2) is 11.3 Å². The van der Waals surface area contributed by atoms with Crippen LogP contribution in [0.2, 0.25) is 5.02 Å². The van der Waals surface area contributed by atoms with Crippen molar-refractivity contribution >= 4 is 34.5 Å². The molecule has 2 aliphatic rings. The average Bonchev–Trinajstić information content (AvgIpc) is 4.08. The van der Waals surface area contributed by atoms with Crippen LogP contribution >= 0.6 is 11.6 Å². The summed E-state index contributed by atoms with van der Waals surface area (Å²) in [5.74, 6) is 1.49. The first kappa shape index (κ1) is 40.0. The van der Waals surface area contributed by atoms with E-state index in [1.165, 1.54) is 11.1 Å². The third-order valence-electron chi connectivity index (χ3n) is 12.9. The molecule has 0 spiro atoms. The van der Waals surface area contributed by atoms with Crippen LogP contribution in [0.4, 0.5) is 11.6 Å². The second-order valence-corrected chi connectivity index (χ2v) is 17.7. The van der Waals surface area contributed by atoms with Crippen molar-refractivity contribution in [3.05, 3.63) is 142 Å². The van der Waals surface area contributed by atoms with Gasteiger partial charge in [-0.05, 0) is 89.6 Å². The van der Waals surface area contributed by atoms with E-state index in [2.05, 4.69) is 116 Å². The topological polar surface area (TPSA) is 107 Å². The molecule has 0 aliphatic carbocycles. The van der Waals surface area contributed by atoms with Crippen LogP contribution in [0.15, 0.2) is 109 Å². The average molecular weight is 843 g/mol. The summed E-state index contributed by atoms with van der Waals surface area (Å²) in [4.78, 5) is 15.1. The number of anilines is 2. The van der Waals surface area contributed by atoms with E-state index in [4.69, 9.17) is 31.8 Å². The molecule has 62 heavy (non-hydrogen) atoms. The number of aliphatic hydroxyl groups excluding tert-OH is 2. The number of hydrogen-bond acceptors (Lipinski definition) is 8. The SMILES string of the molecule is Cc1ccc(-c2c(C)nn3c(-c4cccc(C)c4)cc(N4CCCC4C(O)C(O)C4CCCN4c4cc(-c5cccc(Cl)c5)n5nc(C)c(-c6ccc(C)cc6)c5n4)nc23)cc1. The predicted molar refractivity (Wildman–Crippen MR) is 249 cm³/mol. The standard InChI is InChI=1S/C51H51ClN8O2/c1-30-16-20-35(21-17-30)46-33(4)55-59-42(37-11-6-10-32(3)26-37)28-44(53-50(46)59)57-24-8-14-40(57)48(61)49(62)41-15-9-25-58(41)45-29-43(38-12-7-13-39(52)27-38)60-51(54-45)47(34(5)56-60)36-22-18-31(2)19-23-36/h6-7,10-13,16-23,26-29,40-41,48-49,61-62H,8-9,14-15,24-25H2,1-5H3. The van der Waals surface area contributed by atoms with E-state index in [1.807, 2.05) is 47.1 Å². The summed E-state index contributed by atoms with van der Waals surface area (Å²) in [7, 11) is 0. The van der Waals surface area contributed by atoms with Gasteiger partial charge >= 0.3 is 0 Å². The Morgan fingerprint density at radius 1 is 0.532 bits per heavy atom. The van der Waals surface area contributed by atoms with E-state index < -0.39 is 12.2 Å². The van der Waals surface area contributed by atoms with Crippen molar-refractivity contribution in [2.45, 2.75) is 84.6 Å². The molecule has 10 nitrogen and oxygen atoms in total. The molecule has 8 aromatic rings. The fourth-order valence-corrected chi connectivity index (χ4v) is 10.0. The molecule has 0 saturated carbocycles. The quantitative estimate of drug-likeness (QED) is 0.148. The molecule has 2 saturated heterocycles. The van der Waals surface area contributed by atoms with Crippen molar-refractivity contribution in [1.82, 2.24) is 29.2 Å². The molecule has 4 unspecified atom stereocenters. The molecule has 4 aromatic carbocycles. The van der Waals surface area contributed by atoms with Crippen LogP contribution in [0.5, 0.6) is 0 Å². The summed E-state index contributed by atoms with van der Waals surface area (Å²) >= 11 is 6.57. The number of nitrogens with zero attached hydrogens (tertiary/aromatic N) is 8. The summed E-state index contributed by atoms with van der Waals surface area (Å²) in [5.41, 5.74) is 14.5. The van der Waals surface area contributed by atoms with E-state index in [9.17, 15) is 10.2 Å². The smallest absolute Gasteiger partial charge is 0.166 e. The van der Waals surface area contributed by atoms with Gasteiger partial charge in [0.05, 0.1) is 34.9 Å². The monoisotopic (exact) mass is 842 g/mol. The number of fused-ring (bicyclic) bond motifs is 2. The van der Waals surface area contributed by atoms with Gasteiger partial charge in [-0.15, -0.1) is 0 Å². The van der Waals surface area contributed by atoms with Crippen LogP contribution < -0.4 is 9.80 Å². The van der Waals surface area contributed by atoms with Crippen molar-refractivity contribution in [2.24, 2.45) is 0 Å². The molecule has 4 aromatic heterocycles. The summed E-state index contributed by atoms with van der Waals surface area (Å²) < 4.78 is 3.87. The minimum atomic E-state index is -1.06. The Bertz CT molecular complexity index is 2760. The fourth-order valence-electron chi connectivity index (χ4n) is 9.81. The summed E-state index contributed by atoms with van der Waals surface area (Å²) in [6.07, 6.45) is 1.04. The van der Waals surface area contributed by atoms with E-state index in [0.717, 1.165) is 104 Å². The first-order chi connectivity index (χ1) is 30.0. The van der Waals surface area contributed by atoms with Gasteiger partial charge in [-0.2, -0.15) is 10.2 Å². The largest absolute Gasteiger partial charge is 0.388 e. The Labute approximate surface area is 367 Å². The number of hydrogen-bond donors (Lipinski definition) is 2. The van der Waals surface area contributed by atoms with Gasteiger partial charge in [0.2, 0.25) is 0 Å². The molecule has 2 N–H and O–H groups in total. The lowest BCUT2D eigenvalue weighted by molar-refractivity contribution is -0.00848. The normalized spacial score (nSPS) is 17.7. The molecule has 0 radical (unpaired) electrons. The highest BCUT2D eigenvalue weighted by Crippen LogP contribution is 2.39. The number of aliphatic hydroxyl groups is 2. The van der Waals surface area contributed by atoms with Gasteiger partial charge in [-0.1, -0.05) is 107 Å². The highest BCUT2D eigenvalue weighted by atomic mass is 35.5. The van der Waals surface area contributed by atoms with Crippen LogP contribution in [0.3, 0.4) is 0 Å². The van der Waals surface area contributed by atoms with Crippen LogP contribution in [0, 0.1) is 34.6 Å². The number of rotatable bonds is 9. The van der Waals surface area contributed by atoms with Gasteiger partial charge in [0, 0.05) is 52.5 Å². The third-order valence-corrected chi connectivity index (χ3v) is 13.2. The zero-order chi connectivity index (χ0) is 42.8. The minimum absolute atomic E-state index is 0.359. The lowest BCUT2D eigenvalue weighted by Gasteiger charge is -2.37. The molecule has 2 aliphatic heterocycles. The molecular formula is C51H51ClN8O2. The highest BCUT2D eigenvalue weighted by molar-refractivity contribution is 6.30. The molecule has 0 bridgehead atoms. The van der Waals surface area contributed by atoms with E-state index in [1.54, 1.807) is 0 Å². The van der Waals surface area contributed by atoms with Gasteiger partial charge < -0.3 is 20.0 Å². The molecule has 0 amide bonds. The minimum Gasteiger partial charge on any atom is -0.388 e. The molecule has 4 atom stereocenters. The van der Waals surface area contributed by atoms with Crippen molar-refractivity contribution < 1.29 is 10.2 Å². The molecule has 2 fully saturated rings. The van der Waals surface area contributed by atoms with Crippen molar-refractivity contribution in [3.63, 3.8) is 0 Å². The summed E-state index contributed by atoms with van der Waals surface area (Å²) in [6.45, 7) is 11.7. The Kier molecular flexibility index (Phi) is 10.3. The van der Waals surface area contributed by atoms with Gasteiger partial charge in [-0.3, -0.25) is 0 Å². The third kappa shape index (κ3) is 7.09. The van der Waals surface area contributed by atoms with E-state index >= 15 is 0 Å². The maximum Gasteiger partial charge on any atom is 0.166 e. The summed E-state index contributed by atoms with van der Waals surface area (Å²) in [5, 5.41) is 35.5. The second-order valence-electron chi connectivity index (χ2n) is 17.3. The first-order valence-corrected chi connectivity index (χ1v) is 22.1. The Balaban J connectivity index is 1.03. The number of aromatic nitrogens is 6. The van der Waals surface area contributed by atoms with Crippen molar-refractivity contribution in [2.75, 3.05) is 22.9 Å². The Hall–Kier alpha value is -6.07. The molecule has 314 valence electrons. The maximum absolute atomic E-state index is 12.4. The number of benzene rings is 4. The first-order valence-electron chi connectivity index (χ1n) is 21.7. The lowest BCUT2D eigenvalue weighted by atomic mass is 9.95. The molecule has 10 rings (SSSR count). The number of aryl methyl sites for hydroxylation is 5. The van der Waals surface area contributed by atoms with Crippen molar-refractivity contribution in [1.29, 1.82) is 0 Å². The van der Waals surface area contributed by atoms with E-state index in [-0.39, 0.29) is 12.1 Å². The van der Waals surface area contributed by atoms with Gasteiger partial charge in [0.1, 0.15) is 23.8 Å². The molecular weight excluding hydrogens is 792 g/mol. The zero-order valence-electron chi connectivity index (χ0n) is 35.8. The van der Waals surface area contributed by atoms with Crippen LogP contribution in [-0.2, 0) is 0 Å². The van der Waals surface area contributed by atoms with Crippen LogP contribution in [0.1, 0.15) is 53.8 Å². The predicted octanol–water partition coefficient (Wildman–Crippen LogP) is 10.00. The number of halogens is 1. The summed E-state index contributed by atoms with van der Waals surface area (Å²) in [6, 6.07) is 36.6. The zero-order valence-corrected chi connectivity index (χ0v) is 36.6. The maximum atomic E-state index is 12.4. The Morgan fingerprint density at radius 2 is 0.984 bits per heavy atom. The highest BCUT2D eigenvalue weighted by Gasteiger charge is 2.42. The molecule has 11 heteroatoms.